The second kappa shape index (κ2) is 36.3. The van der Waals surface area contributed by atoms with Gasteiger partial charge in [0.15, 0.2) is 6.10 Å². The summed E-state index contributed by atoms with van der Waals surface area (Å²) in [5, 5.41) is 50.1. The summed E-state index contributed by atoms with van der Waals surface area (Å²) >= 11 is 0. The summed E-state index contributed by atoms with van der Waals surface area (Å²) in [5.74, 6) is -1.14. The van der Waals surface area contributed by atoms with Crippen LogP contribution in [0, 0.1) is 0 Å². The van der Waals surface area contributed by atoms with Crippen molar-refractivity contribution in [2.75, 3.05) is 13.2 Å². The summed E-state index contributed by atoms with van der Waals surface area (Å²) in [4.78, 5) is 35.6. The Balaban J connectivity index is 2.48. The first kappa shape index (κ1) is 55.8. The highest BCUT2D eigenvalue weighted by molar-refractivity contribution is 7.47. The van der Waals surface area contributed by atoms with E-state index in [-0.39, 0.29) is 12.8 Å². The molecule has 14 heteroatoms. The van der Waals surface area contributed by atoms with Crippen LogP contribution in [0.25, 0.3) is 0 Å². The van der Waals surface area contributed by atoms with Crippen molar-refractivity contribution in [3.8, 4) is 0 Å². The highest BCUT2D eigenvalue weighted by atomic mass is 31.2. The topological polar surface area (TPSA) is 210 Å². The first-order valence-corrected chi connectivity index (χ1v) is 24.4. The third-order valence-electron chi connectivity index (χ3n) is 10.4. The molecule has 0 aliphatic heterocycles. The van der Waals surface area contributed by atoms with Gasteiger partial charge >= 0.3 is 19.8 Å². The molecule has 1 fully saturated rings. The number of ether oxygens (including phenoxy) is 2. The maximum atomic E-state index is 12.8. The van der Waals surface area contributed by atoms with Crippen LogP contribution >= 0.6 is 7.82 Å². The molecule has 1 aliphatic carbocycles. The Morgan fingerprint density at radius 1 is 0.517 bits per heavy atom. The molecule has 0 spiro atoms. The van der Waals surface area contributed by atoms with Crippen LogP contribution in [0.1, 0.15) is 174 Å². The molecule has 348 valence electrons. The van der Waals surface area contributed by atoms with Gasteiger partial charge in [-0.25, -0.2) is 4.57 Å². The lowest BCUT2D eigenvalue weighted by molar-refractivity contribution is -0.220. The lowest BCUT2D eigenvalue weighted by atomic mass is 9.85. The van der Waals surface area contributed by atoms with Gasteiger partial charge in [-0.1, -0.05) is 152 Å². The third-order valence-corrected chi connectivity index (χ3v) is 11.4. The highest BCUT2D eigenvalue weighted by Crippen LogP contribution is 2.47. The van der Waals surface area contributed by atoms with Crippen LogP contribution in [0.4, 0.5) is 0 Å². The van der Waals surface area contributed by atoms with Crippen molar-refractivity contribution >= 4 is 19.8 Å². The number of rotatable bonds is 37. The second-order valence-corrected chi connectivity index (χ2v) is 17.3. The predicted octanol–water partition coefficient (Wildman–Crippen LogP) is 8.78. The normalized spacial score (nSPS) is 22.6. The smallest absolute Gasteiger partial charge is 0.462 e. The number of hydrogen-bond donors (Lipinski definition) is 6. The van der Waals surface area contributed by atoms with E-state index in [9.17, 15) is 44.6 Å². The molecule has 0 amide bonds. The molecule has 1 rings (SSSR count). The summed E-state index contributed by atoms with van der Waals surface area (Å²) in [5.41, 5.74) is 0. The van der Waals surface area contributed by atoms with E-state index in [4.69, 9.17) is 18.5 Å². The Morgan fingerprint density at radius 3 is 1.40 bits per heavy atom. The summed E-state index contributed by atoms with van der Waals surface area (Å²) in [6.07, 6.45) is 28.8. The van der Waals surface area contributed by atoms with Gasteiger partial charge in [0.05, 0.1) is 6.61 Å². The van der Waals surface area contributed by atoms with Gasteiger partial charge in [-0.3, -0.25) is 18.6 Å². The summed E-state index contributed by atoms with van der Waals surface area (Å²) in [6.45, 7) is 3.23. The SMILES string of the molecule is CCCCC/C=C\C/C=C\C/C=C\C/C=C\CCCCCC(=O)OC[C@H](COP(=O)(O)OC1C(O)C(O)C(O)[C@@H](O)C1O)OC(=O)CCCCCCCCCCCCCC. The number of phosphoric ester groups is 1. The van der Waals surface area contributed by atoms with Crippen molar-refractivity contribution in [3.05, 3.63) is 48.6 Å². The zero-order valence-electron chi connectivity index (χ0n) is 36.7. The molecule has 60 heavy (non-hydrogen) atoms. The molecule has 0 radical (unpaired) electrons. The average Bonchev–Trinajstić information content (AvgIpc) is 3.23. The molecule has 1 saturated carbocycles. The Hall–Kier alpha value is -2.19. The van der Waals surface area contributed by atoms with Crippen molar-refractivity contribution in [3.63, 3.8) is 0 Å². The van der Waals surface area contributed by atoms with E-state index in [0.29, 0.717) is 12.8 Å². The van der Waals surface area contributed by atoms with E-state index in [1.807, 2.05) is 0 Å². The number of phosphoric acid groups is 1. The minimum atomic E-state index is -5.12. The molecule has 0 heterocycles. The van der Waals surface area contributed by atoms with Crippen LogP contribution in [-0.4, -0.2) is 98.3 Å². The standard InChI is InChI=1S/C46H81O13P/c1-3-5-7-9-11-13-15-17-18-19-20-21-22-23-25-26-28-30-32-34-39(47)56-36-38(58-40(48)35-33-31-29-27-24-16-14-12-10-8-6-4-2)37-57-60(54,55)59-46-44(52)42(50)41(49)43(51)45(46)53/h11,13,17-18,20-21,23,25,38,41-46,49-53H,3-10,12,14-16,19,22,24,26-37H2,1-2H3,(H,54,55)/b13-11-,18-17-,21-20-,25-23-/t38-,41?,42-,43?,44?,45?,46?/m1/s1. The molecule has 13 nitrogen and oxygen atoms in total. The van der Waals surface area contributed by atoms with E-state index >= 15 is 0 Å². The minimum absolute atomic E-state index is 0.0904. The van der Waals surface area contributed by atoms with Crippen molar-refractivity contribution in [2.45, 2.75) is 217 Å². The highest BCUT2D eigenvalue weighted by Gasteiger charge is 2.51. The zero-order valence-corrected chi connectivity index (χ0v) is 37.6. The van der Waals surface area contributed by atoms with Gasteiger partial charge in [0.1, 0.15) is 43.2 Å². The fourth-order valence-corrected chi connectivity index (χ4v) is 7.65. The Labute approximate surface area is 360 Å². The van der Waals surface area contributed by atoms with Gasteiger partial charge in [-0.15, -0.1) is 0 Å². The van der Waals surface area contributed by atoms with Gasteiger partial charge in [0.2, 0.25) is 0 Å². The van der Waals surface area contributed by atoms with Crippen molar-refractivity contribution in [1.82, 2.24) is 0 Å². The zero-order chi connectivity index (χ0) is 44.3. The number of aliphatic hydroxyl groups is 5. The molecular formula is C46H81O13P. The summed E-state index contributed by atoms with van der Waals surface area (Å²) < 4.78 is 33.5. The van der Waals surface area contributed by atoms with E-state index in [1.165, 1.54) is 64.2 Å². The molecule has 8 atom stereocenters. The lowest BCUT2D eigenvalue weighted by Crippen LogP contribution is -2.64. The van der Waals surface area contributed by atoms with Crippen molar-refractivity contribution < 1.29 is 63.1 Å². The fraction of sp³-hybridized carbons (Fsp3) is 0.783. The van der Waals surface area contributed by atoms with E-state index in [0.717, 1.165) is 70.6 Å². The number of carbonyl (C=O) groups excluding carboxylic acids is 2. The number of aliphatic hydroxyl groups excluding tert-OH is 5. The maximum Gasteiger partial charge on any atom is 0.472 e. The van der Waals surface area contributed by atoms with Crippen LogP contribution in [0.5, 0.6) is 0 Å². The number of esters is 2. The van der Waals surface area contributed by atoms with Crippen LogP contribution in [0.15, 0.2) is 48.6 Å². The van der Waals surface area contributed by atoms with E-state index < -0.39 is 75.7 Å². The van der Waals surface area contributed by atoms with Gasteiger partial charge in [-0.2, -0.15) is 0 Å². The molecule has 1 aliphatic rings. The molecule has 0 saturated heterocycles. The van der Waals surface area contributed by atoms with E-state index in [1.54, 1.807) is 0 Å². The van der Waals surface area contributed by atoms with Gasteiger partial charge in [-0.05, 0) is 57.8 Å². The number of allylic oxidation sites excluding steroid dienone is 8. The number of carbonyl (C=O) groups is 2. The Kier molecular flexibility index (Phi) is 33.8. The van der Waals surface area contributed by atoms with Crippen molar-refractivity contribution in [2.24, 2.45) is 0 Å². The maximum absolute atomic E-state index is 12.8. The van der Waals surface area contributed by atoms with E-state index in [2.05, 4.69) is 62.5 Å². The molecule has 0 aromatic rings. The van der Waals surface area contributed by atoms with Gasteiger partial charge in [0, 0.05) is 12.8 Å². The summed E-state index contributed by atoms with van der Waals surface area (Å²) in [6, 6.07) is 0. The fourth-order valence-electron chi connectivity index (χ4n) is 6.68. The Morgan fingerprint density at radius 2 is 0.900 bits per heavy atom. The van der Waals surface area contributed by atoms with Gasteiger partial charge in [0.25, 0.3) is 0 Å². The largest absolute Gasteiger partial charge is 0.472 e. The molecule has 0 aromatic carbocycles. The third kappa shape index (κ3) is 28.4. The average molecular weight is 873 g/mol. The molecule has 6 N–H and O–H groups in total. The molecule has 6 unspecified atom stereocenters. The molecule has 0 aromatic heterocycles. The quantitative estimate of drug-likeness (QED) is 0.0149. The number of unbranched alkanes of at least 4 members (excludes halogenated alkanes) is 17. The summed E-state index contributed by atoms with van der Waals surface area (Å²) in [7, 11) is -5.12. The monoisotopic (exact) mass is 873 g/mol. The van der Waals surface area contributed by atoms with Crippen LogP contribution in [0.2, 0.25) is 0 Å². The second-order valence-electron chi connectivity index (χ2n) is 15.9. The lowest BCUT2D eigenvalue weighted by Gasteiger charge is -2.41. The molecule has 0 bridgehead atoms. The van der Waals surface area contributed by atoms with Crippen molar-refractivity contribution in [1.29, 1.82) is 0 Å². The van der Waals surface area contributed by atoms with Crippen LogP contribution in [0.3, 0.4) is 0 Å². The first-order valence-electron chi connectivity index (χ1n) is 22.9. The molecular weight excluding hydrogens is 791 g/mol. The Bertz CT molecular complexity index is 1240. The van der Waals surface area contributed by atoms with Crippen LogP contribution < -0.4 is 0 Å². The van der Waals surface area contributed by atoms with Gasteiger partial charge < -0.3 is 39.9 Å². The minimum Gasteiger partial charge on any atom is -0.462 e. The first-order chi connectivity index (χ1) is 28.9. The predicted molar refractivity (Wildman–Crippen MR) is 235 cm³/mol. The van der Waals surface area contributed by atoms with Crippen LogP contribution in [-0.2, 0) is 32.7 Å². The number of hydrogen-bond acceptors (Lipinski definition) is 12.